The second kappa shape index (κ2) is 5.18. The topological polar surface area (TPSA) is 70.3 Å². The van der Waals surface area contributed by atoms with E-state index in [9.17, 15) is 23.1 Å². The number of ether oxygens (including phenoxy) is 1. The quantitative estimate of drug-likeness (QED) is 0.664. The number of phenols is 1. The predicted molar refractivity (Wildman–Crippen MR) is 56.1 cm³/mol. The van der Waals surface area contributed by atoms with Crippen LogP contribution in [0.1, 0.15) is 15.9 Å². The van der Waals surface area contributed by atoms with E-state index in [-0.39, 0.29) is 5.56 Å². The van der Waals surface area contributed by atoms with Gasteiger partial charge in [0.05, 0.1) is 17.6 Å². The molecule has 1 aromatic rings. The summed E-state index contributed by atoms with van der Waals surface area (Å²) in [4.78, 5) is 10.5. The van der Waals surface area contributed by atoms with E-state index in [0.29, 0.717) is 0 Å². The lowest BCUT2D eigenvalue weighted by Crippen LogP contribution is -2.05. The van der Waals surface area contributed by atoms with Gasteiger partial charge in [0.2, 0.25) is 0 Å². The van der Waals surface area contributed by atoms with Crippen LogP contribution >= 0.6 is 11.8 Å². The molecule has 0 bridgehead atoms. The van der Waals surface area contributed by atoms with Crippen molar-refractivity contribution in [3.63, 3.8) is 0 Å². The minimum absolute atomic E-state index is 0.373. The molecule has 0 amide bonds. The molecule has 0 radical (unpaired) electrons. The van der Waals surface area contributed by atoms with Gasteiger partial charge in [-0.3, -0.25) is 0 Å². The van der Waals surface area contributed by atoms with Gasteiger partial charge in [-0.15, -0.1) is 0 Å². The molecule has 0 atom stereocenters. The van der Waals surface area contributed by atoms with E-state index in [0.717, 1.165) is 19.2 Å². The molecule has 1 N–H and O–H groups in total. The number of carbonyl (C=O) groups excluding carboxylic acids is 1. The maximum Gasteiger partial charge on any atom is 0.446 e. The van der Waals surface area contributed by atoms with Crippen LogP contribution in [0.15, 0.2) is 17.0 Å². The molecular weight excluding hydrogens is 271 g/mol. The van der Waals surface area contributed by atoms with Gasteiger partial charge in [0, 0.05) is 0 Å². The van der Waals surface area contributed by atoms with Gasteiger partial charge in [0.15, 0.2) is 0 Å². The number of carbonyl (C=O) groups is 1. The zero-order valence-corrected chi connectivity index (χ0v) is 9.72. The largest absolute Gasteiger partial charge is 0.506 e. The van der Waals surface area contributed by atoms with Crippen molar-refractivity contribution in [3.8, 4) is 11.8 Å². The molecule has 0 fully saturated rings. The first kappa shape index (κ1) is 14.2. The third-order valence-corrected chi connectivity index (χ3v) is 2.72. The second-order valence-corrected chi connectivity index (χ2v) is 4.06. The minimum Gasteiger partial charge on any atom is -0.506 e. The third-order valence-electron chi connectivity index (χ3n) is 1.88. The van der Waals surface area contributed by atoms with E-state index in [1.165, 1.54) is 6.07 Å². The normalized spacial score (nSPS) is 10.8. The SMILES string of the molecule is COC(=O)c1ccc(C#N)c(SC(F)(F)F)c1O. The maximum atomic E-state index is 12.3. The Hall–Kier alpha value is -1.88. The van der Waals surface area contributed by atoms with Crippen LogP contribution in [0.25, 0.3) is 0 Å². The van der Waals surface area contributed by atoms with Gasteiger partial charge >= 0.3 is 11.5 Å². The van der Waals surface area contributed by atoms with Crippen molar-refractivity contribution in [2.75, 3.05) is 7.11 Å². The van der Waals surface area contributed by atoms with Crippen molar-refractivity contribution in [1.82, 2.24) is 0 Å². The molecular formula is C10H6F3NO3S. The van der Waals surface area contributed by atoms with Crippen LogP contribution in [-0.2, 0) is 4.74 Å². The monoisotopic (exact) mass is 277 g/mol. The van der Waals surface area contributed by atoms with Crippen molar-refractivity contribution in [3.05, 3.63) is 23.3 Å². The highest BCUT2D eigenvalue weighted by atomic mass is 32.2. The second-order valence-electron chi connectivity index (χ2n) is 2.99. The standard InChI is InChI=1S/C10H6F3NO3S/c1-17-9(16)6-3-2-5(4-14)8(7(6)15)18-10(11,12)13/h2-3,15H,1H3. The molecule has 0 spiro atoms. The number of rotatable bonds is 2. The Kier molecular flexibility index (Phi) is 4.08. The number of methoxy groups -OCH3 is 1. The highest BCUT2D eigenvalue weighted by Gasteiger charge is 2.33. The molecule has 0 heterocycles. The third kappa shape index (κ3) is 3.07. The Morgan fingerprint density at radius 3 is 2.56 bits per heavy atom. The van der Waals surface area contributed by atoms with Gasteiger partial charge in [-0.1, -0.05) is 0 Å². The zero-order chi connectivity index (χ0) is 13.9. The first-order chi connectivity index (χ1) is 8.30. The van der Waals surface area contributed by atoms with Gasteiger partial charge in [-0.05, 0) is 23.9 Å². The number of thioether (sulfide) groups is 1. The molecule has 96 valence electrons. The average Bonchev–Trinajstić information content (AvgIpc) is 2.29. The van der Waals surface area contributed by atoms with Crippen molar-refractivity contribution in [2.45, 2.75) is 10.4 Å². The molecule has 1 aromatic carbocycles. The molecule has 0 saturated carbocycles. The average molecular weight is 277 g/mol. The summed E-state index contributed by atoms with van der Waals surface area (Å²) >= 11 is -0.660. The number of halogens is 3. The number of hydrogen-bond acceptors (Lipinski definition) is 5. The number of esters is 1. The van der Waals surface area contributed by atoms with E-state index in [4.69, 9.17) is 5.26 Å². The molecule has 0 aliphatic carbocycles. The fraction of sp³-hybridized carbons (Fsp3) is 0.200. The number of hydrogen-bond donors (Lipinski definition) is 1. The summed E-state index contributed by atoms with van der Waals surface area (Å²) in [6.07, 6.45) is 0. The number of phenolic OH excluding ortho intramolecular Hbond substituents is 1. The smallest absolute Gasteiger partial charge is 0.446 e. The van der Waals surface area contributed by atoms with Crippen molar-refractivity contribution < 1.29 is 27.8 Å². The van der Waals surface area contributed by atoms with Crippen molar-refractivity contribution in [1.29, 1.82) is 5.26 Å². The highest BCUT2D eigenvalue weighted by molar-refractivity contribution is 8.00. The Balaban J connectivity index is 3.37. The fourth-order valence-corrected chi connectivity index (χ4v) is 1.81. The highest BCUT2D eigenvalue weighted by Crippen LogP contribution is 2.44. The summed E-state index contributed by atoms with van der Waals surface area (Å²) in [6, 6.07) is 3.55. The molecule has 1 rings (SSSR count). The summed E-state index contributed by atoms with van der Waals surface area (Å²) in [7, 11) is 1.02. The Morgan fingerprint density at radius 2 is 2.11 bits per heavy atom. The van der Waals surface area contributed by atoms with Crippen LogP contribution in [0.3, 0.4) is 0 Å². The van der Waals surface area contributed by atoms with Crippen molar-refractivity contribution in [2.24, 2.45) is 0 Å². The molecule has 0 unspecified atom stereocenters. The number of benzene rings is 1. The zero-order valence-electron chi connectivity index (χ0n) is 8.91. The Bertz CT molecular complexity index is 522. The van der Waals surface area contributed by atoms with E-state index in [2.05, 4.69) is 4.74 Å². The summed E-state index contributed by atoms with van der Waals surface area (Å²) in [5, 5.41) is 18.3. The van der Waals surface area contributed by atoms with E-state index in [1.54, 1.807) is 0 Å². The summed E-state index contributed by atoms with van der Waals surface area (Å²) in [5.41, 5.74) is -5.48. The van der Waals surface area contributed by atoms with Crippen LogP contribution in [0.2, 0.25) is 0 Å². The lowest BCUT2D eigenvalue weighted by Gasteiger charge is -2.11. The van der Waals surface area contributed by atoms with Crippen LogP contribution in [0.4, 0.5) is 13.2 Å². The Labute approximate surface area is 104 Å². The summed E-state index contributed by atoms with van der Waals surface area (Å²) in [5.74, 6) is -1.90. The van der Waals surface area contributed by atoms with Gasteiger partial charge in [-0.25, -0.2) is 4.79 Å². The number of alkyl halides is 3. The lowest BCUT2D eigenvalue weighted by atomic mass is 10.1. The lowest BCUT2D eigenvalue weighted by molar-refractivity contribution is -0.0329. The Morgan fingerprint density at radius 1 is 1.50 bits per heavy atom. The summed E-state index contributed by atoms with van der Waals surface area (Å²) in [6.45, 7) is 0. The molecule has 0 aliphatic rings. The van der Waals surface area contributed by atoms with E-state index >= 15 is 0 Å². The van der Waals surface area contributed by atoms with Crippen LogP contribution in [-0.4, -0.2) is 23.7 Å². The van der Waals surface area contributed by atoms with Gasteiger partial charge in [0.1, 0.15) is 17.4 Å². The first-order valence-electron chi connectivity index (χ1n) is 4.40. The molecule has 0 aliphatic heterocycles. The number of nitriles is 1. The van der Waals surface area contributed by atoms with Gasteiger partial charge < -0.3 is 9.84 Å². The minimum atomic E-state index is -4.68. The van der Waals surface area contributed by atoms with E-state index < -0.39 is 39.4 Å². The van der Waals surface area contributed by atoms with Crippen LogP contribution < -0.4 is 0 Å². The van der Waals surface area contributed by atoms with Gasteiger partial charge in [0.25, 0.3) is 0 Å². The van der Waals surface area contributed by atoms with Gasteiger partial charge in [-0.2, -0.15) is 18.4 Å². The maximum absolute atomic E-state index is 12.3. The molecule has 8 heteroatoms. The summed E-state index contributed by atoms with van der Waals surface area (Å²) < 4.78 is 41.1. The molecule has 0 saturated heterocycles. The van der Waals surface area contributed by atoms with Crippen LogP contribution in [0.5, 0.6) is 5.75 Å². The molecule has 4 nitrogen and oxygen atoms in total. The fourth-order valence-electron chi connectivity index (χ4n) is 1.15. The molecule has 0 aromatic heterocycles. The first-order valence-corrected chi connectivity index (χ1v) is 5.22. The van der Waals surface area contributed by atoms with Crippen molar-refractivity contribution >= 4 is 17.7 Å². The predicted octanol–water partition coefficient (Wildman–Crippen LogP) is 2.66. The number of aromatic hydroxyl groups is 1. The van der Waals surface area contributed by atoms with Crippen LogP contribution in [0, 0.1) is 11.3 Å². The number of nitrogens with zero attached hydrogens (tertiary/aromatic N) is 1. The van der Waals surface area contributed by atoms with E-state index in [1.807, 2.05) is 0 Å². The molecule has 18 heavy (non-hydrogen) atoms.